The normalized spacial score (nSPS) is 12.8. The molecule has 0 fully saturated rings. The van der Waals surface area contributed by atoms with E-state index in [0.717, 1.165) is 37.8 Å². The Morgan fingerprint density at radius 1 is 1.05 bits per heavy atom. The highest BCUT2D eigenvalue weighted by Crippen LogP contribution is 2.35. The van der Waals surface area contributed by atoms with E-state index in [1.165, 1.54) is 0 Å². The summed E-state index contributed by atoms with van der Waals surface area (Å²) in [6.07, 6.45) is 1.08. The van der Waals surface area contributed by atoms with E-state index >= 15 is 0 Å². The Hall–Kier alpha value is -3.22. The summed E-state index contributed by atoms with van der Waals surface area (Å²) in [5.74, 6) is -1.06. The molecule has 190 valence electrons. The molecule has 1 heterocycles. The van der Waals surface area contributed by atoms with Crippen LogP contribution < -0.4 is 5.32 Å². The molecule has 3 aromatic carbocycles. The van der Waals surface area contributed by atoms with Gasteiger partial charge in [-0.25, -0.2) is 4.98 Å². The molecule has 7 heteroatoms. The lowest BCUT2D eigenvalue weighted by Gasteiger charge is -2.31. The molecule has 0 bridgehead atoms. The third kappa shape index (κ3) is 6.03. The number of carboxylic acid groups (broad SMARTS) is 1. The standard InChI is InChI=1S/C30H28BrClN2O3/c1-19-27(22-17-21(31)14-15-25(22)34-28(19)20-9-4-3-5-10-20)29(37)33-18-30(2,16-8-13-26(35)36)23-11-6-7-12-24(23)32/h3-7,9-12,14-15,17H,8,13,16,18H2,1-2H3,(H,33,37)(H,35,36). The number of halogens is 2. The molecule has 0 spiro atoms. The molecule has 0 radical (unpaired) electrons. The fourth-order valence-electron chi connectivity index (χ4n) is 4.76. The first-order chi connectivity index (χ1) is 17.7. The van der Waals surface area contributed by atoms with Gasteiger partial charge < -0.3 is 10.4 Å². The van der Waals surface area contributed by atoms with Gasteiger partial charge in [0.1, 0.15) is 0 Å². The second kappa shape index (κ2) is 11.4. The highest BCUT2D eigenvalue weighted by Gasteiger charge is 2.30. The molecule has 0 saturated carbocycles. The van der Waals surface area contributed by atoms with Crippen molar-refractivity contribution in [3.8, 4) is 11.3 Å². The molecule has 1 amide bonds. The molecule has 1 atom stereocenters. The van der Waals surface area contributed by atoms with Gasteiger partial charge in [-0.1, -0.05) is 83.0 Å². The molecule has 4 aromatic rings. The van der Waals surface area contributed by atoms with Crippen LogP contribution in [0.25, 0.3) is 22.2 Å². The lowest BCUT2D eigenvalue weighted by molar-refractivity contribution is -0.137. The second-order valence-electron chi connectivity index (χ2n) is 9.46. The van der Waals surface area contributed by atoms with Crippen LogP contribution in [0, 0.1) is 6.92 Å². The average Bonchev–Trinajstić information content (AvgIpc) is 2.87. The van der Waals surface area contributed by atoms with Gasteiger partial charge in [-0.05, 0) is 55.2 Å². The van der Waals surface area contributed by atoms with Crippen molar-refractivity contribution in [2.75, 3.05) is 6.54 Å². The number of carbonyl (C=O) groups excluding carboxylic acids is 1. The molecular weight excluding hydrogens is 552 g/mol. The molecule has 5 nitrogen and oxygen atoms in total. The number of amides is 1. The van der Waals surface area contributed by atoms with Crippen LogP contribution in [-0.4, -0.2) is 28.5 Å². The molecule has 0 aliphatic heterocycles. The first-order valence-corrected chi connectivity index (χ1v) is 13.3. The second-order valence-corrected chi connectivity index (χ2v) is 10.8. The van der Waals surface area contributed by atoms with Crippen LogP contribution in [0.2, 0.25) is 5.02 Å². The first kappa shape index (κ1) is 26.8. The van der Waals surface area contributed by atoms with Gasteiger partial charge in [0.2, 0.25) is 0 Å². The fourth-order valence-corrected chi connectivity index (χ4v) is 5.49. The number of fused-ring (bicyclic) bond motifs is 1. The number of nitrogens with one attached hydrogen (secondary N) is 1. The Kier molecular flexibility index (Phi) is 8.30. The summed E-state index contributed by atoms with van der Waals surface area (Å²) < 4.78 is 0.859. The monoisotopic (exact) mass is 578 g/mol. The summed E-state index contributed by atoms with van der Waals surface area (Å²) in [7, 11) is 0. The minimum absolute atomic E-state index is 0.0521. The average molecular weight is 580 g/mol. The molecular formula is C30H28BrClN2O3. The van der Waals surface area contributed by atoms with Crippen LogP contribution in [0.5, 0.6) is 0 Å². The largest absolute Gasteiger partial charge is 0.481 e. The van der Waals surface area contributed by atoms with Crippen molar-refractivity contribution in [2.45, 2.75) is 38.5 Å². The third-order valence-electron chi connectivity index (χ3n) is 6.75. The molecule has 0 aliphatic rings. The van der Waals surface area contributed by atoms with E-state index in [9.17, 15) is 14.7 Å². The summed E-state index contributed by atoms with van der Waals surface area (Å²) in [5, 5.41) is 13.7. The van der Waals surface area contributed by atoms with Crippen LogP contribution in [0.15, 0.2) is 77.3 Å². The number of rotatable bonds is 9. The van der Waals surface area contributed by atoms with E-state index in [1.54, 1.807) is 0 Å². The van der Waals surface area contributed by atoms with Crippen LogP contribution >= 0.6 is 27.5 Å². The summed E-state index contributed by atoms with van der Waals surface area (Å²) in [6.45, 7) is 4.23. The van der Waals surface area contributed by atoms with Crippen molar-refractivity contribution < 1.29 is 14.7 Å². The van der Waals surface area contributed by atoms with E-state index in [1.807, 2.05) is 86.6 Å². The Balaban J connectivity index is 1.73. The highest BCUT2D eigenvalue weighted by molar-refractivity contribution is 9.10. The molecule has 1 aromatic heterocycles. The van der Waals surface area contributed by atoms with Crippen molar-refractivity contribution >= 4 is 50.3 Å². The zero-order valence-corrected chi connectivity index (χ0v) is 23.1. The maximum Gasteiger partial charge on any atom is 0.303 e. The Bertz CT molecular complexity index is 1460. The summed E-state index contributed by atoms with van der Waals surface area (Å²) in [5.41, 5.74) is 4.11. The molecule has 2 N–H and O–H groups in total. The summed E-state index contributed by atoms with van der Waals surface area (Å²) >= 11 is 10.1. The third-order valence-corrected chi connectivity index (χ3v) is 7.57. The maximum atomic E-state index is 13.8. The lowest BCUT2D eigenvalue weighted by atomic mass is 9.78. The summed E-state index contributed by atoms with van der Waals surface area (Å²) in [4.78, 5) is 29.9. The van der Waals surface area contributed by atoms with E-state index in [-0.39, 0.29) is 12.3 Å². The molecule has 0 aliphatic carbocycles. The van der Waals surface area contributed by atoms with E-state index in [4.69, 9.17) is 16.6 Å². The molecule has 1 unspecified atom stereocenters. The van der Waals surface area contributed by atoms with Gasteiger partial charge >= 0.3 is 5.97 Å². The number of nitrogens with zero attached hydrogens (tertiary/aromatic N) is 1. The fraction of sp³-hybridized carbons (Fsp3) is 0.233. The van der Waals surface area contributed by atoms with E-state index < -0.39 is 11.4 Å². The number of pyridine rings is 1. The van der Waals surface area contributed by atoms with Crippen molar-refractivity contribution in [1.29, 1.82) is 0 Å². The Morgan fingerprint density at radius 2 is 1.76 bits per heavy atom. The molecule has 37 heavy (non-hydrogen) atoms. The number of carbonyl (C=O) groups is 2. The van der Waals surface area contributed by atoms with Gasteiger partial charge in [-0.2, -0.15) is 0 Å². The van der Waals surface area contributed by atoms with E-state index in [0.29, 0.717) is 30.0 Å². The Morgan fingerprint density at radius 3 is 2.46 bits per heavy atom. The minimum Gasteiger partial charge on any atom is -0.481 e. The smallest absolute Gasteiger partial charge is 0.303 e. The highest BCUT2D eigenvalue weighted by atomic mass is 79.9. The maximum absolute atomic E-state index is 13.8. The van der Waals surface area contributed by atoms with Gasteiger partial charge in [0.25, 0.3) is 5.91 Å². The Labute approximate surface area is 230 Å². The molecule has 0 saturated heterocycles. The van der Waals surface area contributed by atoms with Gasteiger partial charge in [0.15, 0.2) is 0 Å². The van der Waals surface area contributed by atoms with Crippen molar-refractivity contribution in [2.24, 2.45) is 0 Å². The van der Waals surface area contributed by atoms with Gasteiger partial charge in [-0.3, -0.25) is 9.59 Å². The van der Waals surface area contributed by atoms with Crippen LogP contribution in [0.3, 0.4) is 0 Å². The number of carboxylic acids is 1. The quantitative estimate of drug-likeness (QED) is 0.214. The topological polar surface area (TPSA) is 79.3 Å². The van der Waals surface area contributed by atoms with Gasteiger partial charge in [-0.15, -0.1) is 0 Å². The minimum atomic E-state index is -0.844. The number of aromatic nitrogens is 1. The van der Waals surface area contributed by atoms with Gasteiger partial charge in [0.05, 0.1) is 16.8 Å². The first-order valence-electron chi connectivity index (χ1n) is 12.1. The van der Waals surface area contributed by atoms with Crippen LogP contribution in [-0.2, 0) is 10.2 Å². The number of hydrogen-bond donors (Lipinski definition) is 2. The van der Waals surface area contributed by atoms with Crippen molar-refractivity contribution in [1.82, 2.24) is 10.3 Å². The van der Waals surface area contributed by atoms with E-state index in [2.05, 4.69) is 21.2 Å². The van der Waals surface area contributed by atoms with Crippen molar-refractivity contribution in [3.05, 3.63) is 99.0 Å². The van der Waals surface area contributed by atoms with Crippen LogP contribution in [0.4, 0.5) is 0 Å². The number of aliphatic carboxylic acids is 1. The number of benzene rings is 3. The molecule has 4 rings (SSSR count). The SMILES string of the molecule is Cc1c(-c2ccccc2)nc2ccc(Br)cc2c1C(=O)NCC(C)(CCCC(=O)O)c1ccccc1Cl. The lowest BCUT2D eigenvalue weighted by Crippen LogP contribution is -2.39. The zero-order valence-electron chi connectivity index (χ0n) is 20.7. The predicted molar refractivity (Wildman–Crippen MR) is 152 cm³/mol. The van der Waals surface area contributed by atoms with Crippen LogP contribution in [0.1, 0.15) is 47.7 Å². The number of hydrogen-bond acceptors (Lipinski definition) is 3. The van der Waals surface area contributed by atoms with Crippen molar-refractivity contribution in [3.63, 3.8) is 0 Å². The van der Waals surface area contributed by atoms with Gasteiger partial charge in [0, 0.05) is 38.8 Å². The zero-order chi connectivity index (χ0) is 26.6. The predicted octanol–water partition coefficient (Wildman–Crippen LogP) is 7.57. The summed E-state index contributed by atoms with van der Waals surface area (Å²) in [6, 6.07) is 23.1.